The maximum absolute atomic E-state index is 2.33. The minimum absolute atomic E-state index is 0.792. The Morgan fingerprint density at radius 3 is 1.45 bits per heavy atom. The van der Waals surface area contributed by atoms with Gasteiger partial charge in [0.2, 0.25) is 0 Å². The van der Waals surface area contributed by atoms with Crippen LogP contribution in [0.3, 0.4) is 0 Å². The Morgan fingerprint density at radius 2 is 1.05 bits per heavy atom. The molecule has 0 saturated carbocycles. The van der Waals surface area contributed by atoms with E-state index in [2.05, 4.69) is 62.4 Å². The molecule has 0 heteroatoms. The van der Waals surface area contributed by atoms with Gasteiger partial charge in [-0.15, -0.1) is 0 Å². The molecule has 0 radical (unpaired) electrons. The van der Waals surface area contributed by atoms with Gasteiger partial charge in [0, 0.05) is 0 Å². The number of fused-ring (bicyclic) bond motifs is 2. The van der Waals surface area contributed by atoms with E-state index in [9.17, 15) is 0 Å². The topological polar surface area (TPSA) is 0 Å². The Morgan fingerprint density at radius 1 is 0.636 bits per heavy atom. The quantitative estimate of drug-likeness (QED) is 0.538. The zero-order valence-electron chi connectivity index (χ0n) is 14.0. The molecule has 0 bridgehead atoms. The van der Waals surface area contributed by atoms with Gasteiger partial charge in [-0.2, -0.15) is 0 Å². The maximum atomic E-state index is 2.33. The smallest absolute Gasteiger partial charge is 0.0188 e. The fraction of sp³-hybridized carbons (Fsp3) is 0.455. The molecule has 2 unspecified atom stereocenters. The summed E-state index contributed by atoms with van der Waals surface area (Å²) < 4.78 is 0. The van der Waals surface area contributed by atoms with E-state index in [1.165, 1.54) is 38.5 Å². The van der Waals surface area contributed by atoms with Crippen LogP contribution >= 0.6 is 0 Å². The molecule has 2 aromatic carbocycles. The van der Waals surface area contributed by atoms with Crippen molar-refractivity contribution >= 4 is 0 Å². The van der Waals surface area contributed by atoms with Gasteiger partial charge in [-0.1, -0.05) is 62.4 Å². The second kappa shape index (κ2) is 7.13. The van der Waals surface area contributed by atoms with Crippen LogP contribution in [0.4, 0.5) is 0 Å². The second-order valence-corrected chi connectivity index (χ2v) is 6.98. The van der Waals surface area contributed by atoms with E-state index in [-0.39, 0.29) is 0 Å². The van der Waals surface area contributed by atoms with Crippen LogP contribution in [0.5, 0.6) is 0 Å². The molecular weight excluding hydrogens is 264 g/mol. The highest BCUT2D eigenvalue weighted by atomic mass is 14.2. The third kappa shape index (κ3) is 3.43. The summed E-state index contributed by atoms with van der Waals surface area (Å²) in [4.78, 5) is 0. The van der Waals surface area contributed by atoms with Crippen LogP contribution in [0.15, 0.2) is 48.5 Å². The summed E-state index contributed by atoms with van der Waals surface area (Å²) in [5, 5.41) is 0. The van der Waals surface area contributed by atoms with Crippen molar-refractivity contribution in [3.05, 3.63) is 70.8 Å². The van der Waals surface area contributed by atoms with Gasteiger partial charge in [-0.25, -0.2) is 0 Å². The molecule has 0 spiro atoms. The molecule has 116 valence electrons. The van der Waals surface area contributed by atoms with Crippen LogP contribution < -0.4 is 0 Å². The Labute approximate surface area is 135 Å². The highest BCUT2D eigenvalue weighted by Crippen LogP contribution is 2.31. The molecule has 0 heterocycles. The van der Waals surface area contributed by atoms with Crippen molar-refractivity contribution in [3.63, 3.8) is 0 Å². The Kier molecular flexibility index (Phi) is 4.97. The maximum Gasteiger partial charge on any atom is -0.0188 e. The van der Waals surface area contributed by atoms with Crippen LogP contribution in [0, 0.1) is 0 Å². The van der Waals surface area contributed by atoms with Gasteiger partial charge in [0.25, 0.3) is 0 Å². The SMILES string of the molecule is CC1CCCc2ccccc21.CC1CCCc2ccccc21. The molecule has 0 N–H and O–H groups in total. The lowest BCUT2D eigenvalue weighted by atomic mass is 9.84. The summed E-state index contributed by atoms with van der Waals surface area (Å²) in [6.07, 6.45) is 8.07. The monoisotopic (exact) mass is 292 g/mol. The normalized spacial score (nSPS) is 22.8. The molecule has 0 aromatic heterocycles. The van der Waals surface area contributed by atoms with Crippen molar-refractivity contribution < 1.29 is 0 Å². The van der Waals surface area contributed by atoms with Gasteiger partial charge in [-0.05, 0) is 72.6 Å². The molecule has 0 fully saturated rings. The molecule has 2 aliphatic rings. The third-order valence-electron chi connectivity index (χ3n) is 5.34. The van der Waals surface area contributed by atoms with Gasteiger partial charge in [0.1, 0.15) is 0 Å². The average molecular weight is 292 g/mol. The van der Waals surface area contributed by atoms with E-state index in [0.717, 1.165) is 11.8 Å². The Balaban J connectivity index is 0.000000131. The number of hydrogen-bond acceptors (Lipinski definition) is 0. The second-order valence-electron chi connectivity index (χ2n) is 6.98. The molecule has 0 nitrogen and oxygen atoms in total. The van der Waals surface area contributed by atoms with E-state index in [4.69, 9.17) is 0 Å². The van der Waals surface area contributed by atoms with Crippen LogP contribution in [0.25, 0.3) is 0 Å². The number of rotatable bonds is 0. The molecule has 0 aliphatic heterocycles. The molecule has 4 rings (SSSR count). The van der Waals surface area contributed by atoms with Crippen LogP contribution in [0.2, 0.25) is 0 Å². The van der Waals surface area contributed by atoms with Crippen LogP contribution in [-0.4, -0.2) is 0 Å². The first-order chi connectivity index (χ1) is 10.8. The average Bonchev–Trinajstić information content (AvgIpc) is 2.57. The van der Waals surface area contributed by atoms with Crippen LogP contribution in [-0.2, 0) is 12.8 Å². The summed E-state index contributed by atoms with van der Waals surface area (Å²) in [6, 6.07) is 17.7. The lowest BCUT2D eigenvalue weighted by molar-refractivity contribution is 0.590. The Bertz CT molecular complexity index is 555. The first kappa shape index (κ1) is 15.3. The number of hydrogen-bond donors (Lipinski definition) is 0. The summed E-state index contributed by atoms with van der Waals surface area (Å²) in [5.74, 6) is 1.58. The van der Waals surface area contributed by atoms with Gasteiger partial charge in [0.15, 0.2) is 0 Å². The van der Waals surface area contributed by atoms with Gasteiger partial charge >= 0.3 is 0 Å². The lowest BCUT2D eigenvalue weighted by Gasteiger charge is -2.21. The van der Waals surface area contributed by atoms with Crippen molar-refractivity contribution in [1.82, 2.24) is 0 Å². The fourth-order valence-electron chi connectivity index (χ4n) is 3.99. The molecule has 0 amide bonds. The summed E-state index contributed by atoms with van der Waals surface area (Å²) >= 11 is 0. The number of benzene rings is 2. The van der Waals surface area contributed by atoms with Gasteiger partial charge in [-0.3, -0.25) is 0 Å². The van der Waals surface area contributed by atoms with E-state index < -0.39 is 0 Å². The van der Waals surface area contributed by atoms with E-state index in [0.29, 0.717) is 0 Å². The first-order valence-corrected chi connectivity index (χ1v) is 8.91. The highest BCUT2D eigenvalue weighted by molar-refractivity contribution is 5.32. The van der Waals surface area contributed by atoms with Crippen molar-refractivity contribution in [2.45, 2.75) is 64.2 Å². The summed E-state index contributed by atoms with van der Waals surface area (Å²) in [5.41, 5.74) is 6.31. The lowest BCUT2D eigenvalue weighted by Crippen LogP contribution is -2.05. The molecule has 2 aromatic rings. The van der Waals surface area contributed by atoms with Gasteiger partial charge < -0.3 is 0 Å². The van der Waals surface area contributed by atoms with Crippen LogP contribution in [0.1, 0.15) is 73.6 Å². The van der Waals surface area contributed by atoms with Crippen molar-refractivity contribution in [3.8, 4) is 0 Å². The Hall–Kier alpha value is -1.56. The molecule has 2 aliphatic carbocycles. The standard InChI is InChI=1S/2C11H14/c2*1-9-5-4-7-10-6-2-3-8-11(9)10/h2*2-3,6,8-9H,4-5,7H2,1H3. The van der Waals surface area contributed by atoms with E-state index in [1.54, 1.807) is 22.3 Å². The predicted octanol–water partition coefficient (Wildman–Crippen LogP) is 6.25. The van der Waals surface area contributed by atoms with Crippen molar-refractivity contribution in [2.75, 3.05) is 0 Å². The van der Waals surface area contributed by atoms with Crippen molar-refractivity contribution in [1.29, 1.82) is 0 Å². The summed E-state index contributed by atoms with van der Waals surface area (Å²) in [6.45, 7) is 4.66. The number of aryl methyl sites for hydroxylation is 2. The minimum Gasteiger partial charge on any atom is -0.0620 e. The van der Waals surface area contributed by atoms with E-state index in [1.807, 2.05) is 0 Å². The van der Waals surface area contributed by atoms with E-state index >= 15 is 0 Å². The third-order valence-corrected chi connectivity index (χ3v) is 5.34. The first-order valence-electron chi connectivity index (χ1n) is 8.91. The van der Waals surface area contributed by atoms with Gasteiger partial charge in [0.05, 0.1) is 0 Å². The van der Waals surface area contributed by atoms with Crippen molar-refractivity contribution in [2.24, 2.45) is 0 Å². The largest absolute Gasteiger partial charge is 0.0620 e. The molecule has 22 heavy (non-hydrogen) atoms. The predicted molar refractivity (Wildman–Crippen MR) is 95.6 cm³/mol. The zero-order chi connectivity index (χ0) is 15.4. The molecular formula is C22H28. The summed E-state index contributed by atoms with van der Waals surface area (Å²) in [7, 11) is 0. The minimum atomic E-state index is 0.792. The molecule has 0 saturated heterocycles. The molecule has 2 atom stereocenters. The zero-order valence-corrected chi connectivity index (χ0v) is 14.0. The fourth-order valence-corrected chi connectivity index (χ4v) is 3.99. The highest BCUT2D eigenvalue weighted by Gasteiger charge is 2.15.